The van der Waals surface area contributed by atoms with Crippen molar-refractivity contribution in [2.45, 2.75) is 11.9 Å². The second kappa shape index (κ2) is 8.10. The molecule has 8 heteroatoms. The fourth-order valence-electron chi connectivity index (χ4n) is 3.47. The lowest BCUT2D eigenvalue weighted by atomic mass is 10.1. The highest BCUT2D eigenvalue weighted by molar-refractivity contribution is 8.00. The maximum atomic E-state index is 12.7. The van der Waals surface area contributed by atoms with Crippen LogP contribution in [0.2, 0.25) is 0 Å². The molecule has 1 aromatic carbocycles. The standard InChI is InChI=1S/C20H21N3O4S/c24-14-21-7-9-22(10-8-21)19(26)15-3-5-16(6-4-15)20-23(18(25)13-28-20)12-17-2-1-11-27-17/h1-6,11,14,20H,7-10,12-13H2. The fourth-order valence-corrected chi connectivity index (χ4v) is 4.66. The van der Waals surface area contributed by atoms with E-state index in [-0.39, 0.29) is 17.2 Å². The van der Waals surface area contributed by atoms with Gasteiger partial charge in [0, 0.05) is 31.7 Å². The van der Waals surface area contributed by atoms with Crippen LogP contribution in [-0.4, -0.2) is 64.9 Å². The molecule has 28 heavy (non-hydrogen) atoms. The minimum absolute atomic E-state index is 0.0281. The molecule has 0 spiro atoms. The van der Waals surface area contributed by atoms with Crippen molar-refractivity contribution in [1.29, 1.82) is 0 Å². The molecule has 4 rings (SSSR count). The number of nitrogens with zero attached hydrogens (tertiary/aromatic N) is 3. The number of hydrogen-bond acceptors (Lipinski definition) is 5. The fraction of sp³-hybridized carbons (Fsp3) is 0.350. The van der Waals surface area contributed by atoms with Gasteiger partial charge in [-0.3, -0.25) is 14.4 Å². The smallest absolute Gasteiger partial charge is 0.253 e. The third kappa shape index (κ3) is 3.77. The zero-order valence-corrected chi connectivity index (χ0v) is 16.1. The van der Waals surface area contributed by atoms with E-state index in [1.165, 1.54) is 0 Å². The number of amides is 3. The predicted molar refractivity (Wildman–Crippen MR) is 104 cm³/mol. The summed E-state index contributed by atoms with van der Waals surface area (Å²) in [5, 5.41) is -0.0853. The lowest BCUT2D eigenvalue weighted by Gasteiger charge is -2.32. The summed E-state index contributed by atoms with van der Waals surface area (Å²) in [5.41, 5.74) is 1.61. The quantitative estimate of drug-likeness (QED) is 0.719. The van der Waals surface area contributed by atoms with Crippen LogP contribution in [0.1, 0.15) is 27.1 Å². The third-order valence-corrected chi connectivity index (χ3v) is 6.32. The molecule has 7 nitrogen and oxygen atoms in total. The highest BCUT2D eigenvalue weighted by Gasteiger charge is 2.33. The number of benzene rings is 1. The molecular formula is C20H21N3O4S. The molecule has 2 aromatic rings. The molecule has 146 valence electrons. The Kier molecular flexibility index (Phi) is 5.38. The molecule has 0 N–H and O–H groups in total. The summed E-state index contributed by atoms with van der Waals surface area (Å²) in [6, 6.07) is 11.1. The molecule has 2 saturated heterocycles. The van der Waals surface area contributed by atoms with Gasteiger partial charge in [-0.15, -0.1) is 11.8 Å². The number of carbonyl (C=O) groups excluding carboxylic acids is 3. The van der Waals surface area contributed by atoms with Gasteiger partial charge in [-0.05, 0) is 29.8 Å². The van der Waals surface area contributed by atoms with Crippen molar-refractivity contribution < 1.29 is 18.8 Å². The van der Waals surface area contributed by atoms with Crippen molar-refractivity contribution in [1.82, 2.24) is 14.7 Å². The Morgan fingerprint density at radius 3 is 2.54 bits per heavy atom. The van der Waals surface area contributed by atoms with E-state index in [4.69, 9.17) is 4.42 Å². The van der Waals surface area contributed by atoms with Crippen LogP contribution in [0.4, 0.5) is 0 Å². The third-order valence-electron chi connectivity index (χ3n) is 5.07. The van der Waals surface area contributed by atoms with Crippen molar-refractivity contribution in [2.75, 3.05) is 31.9 Å². The Hall–Kier alpha value is -2.74. The van der Waals surface area contributed by atoms with E-state index in [1.807, 2.05) is 36.4 Å². The van der Waals surface area contributed by atoms with E-state index in [1.54, 1.807) is 32.7 Å². The molecule has 2 fully saturated rings. The van der Waals surface area contributed by atoms with Gasteiger partial charge in [-0.25, -0.2) is 0 Å². The summed E-state index contributed by atoms with van der Waals surface area (Å²) in [7, 11) is 0. The zero-order valence-electron chi connectivity index (χ0n) is 15.3. The summed E-state index contributed by atoms with van der Waals surface area (Å²) < 4.78 is 5.38. The van der Waals surface area contributed by atoms with Crippen LogP contribution in [0.5, 0.6) is 0 Å². The molecule has 0 saturated carbocycles. The number of thioether (sulfide) groups is 1. The van der Waals surface area contributed by atoms with Gasteiger partial charge in [0.25, 0.3) is 5.91 Å². The van der Waals surface area contributed by atoms with Crippen LogP contribution < -0.4 is 0 Å². The Morgan fingerprint density at radius 2 is 1.89 bits per heavy atom. The molecule has 1 unspecified atom stereocenters. The summed E-state index contributed by atoms with van der Waals surface area (Å²) in [6.07, 6.45) is 2.43. The number of furan rings is 1. The van der Waals surface area contributed by atoms with Crippen LogP contribution in [0.25, 0.3) is 0 Å². The summed E-state index contributed by atoms with van der Waals surface area (Å²) in [6.45, 7) is 2.66. The van der Waals surface area contributed by atoms with E-state index >= 15 is 0 Å². The Balaban J connectivity index is 1.44. The Labute approximate surface area is 167 Å². The Bertz CT molecular complexity index is 845. The highest BCUT2D eigenvalue weighted by Crippen LogP contribution is 2.39. The second-order valence-electron chi connectivity index (χ2n) is 6.82. The van der Waals surface area contributed by atoms with Gasteiger partial charge in [-0.1, -0.05) is 12.1 Å². The topological polar surface area (TPSA) is 74.1 Å². The van der Waals surface area contributed by atoms with Crippen LogP contribution in [0.3, 0.4) is 0 Å². The van der Waals surface area contributed by atoms with Gasteiger partial charge >= 0.3 is 0 Å². The van der Waals surface area contributed by atoms with Crippen LogP contribution in [0, 0.1) is 0 Å². The average Bonchev–Trinajstić information content (AvgIpc) is 3.38. The summed E-state index contributed by atoms with van der Waals surface area (Å²) >= 11 is 1.58. The highest BCUT2D eigenvalue weighted by atomic mass is 32.2. The Morgan fingerprint density at radius 1 is 1.14 bits per heavy atom. The molecule has 0 bridgehead atoms. The number of rotatable bonds is 5. The number of hydrogen-bond donors (Lipinski definition) is 0. The average molecular weight is 399 g/mol. The van der Waals surface area contributed by atoms with Gasteiger partial charge in [0.15, 0.2) is 0 Å². The molecule has 0 radical (unpaired) electrons. The lowest BCUT2D eigenvalue weighted by molar-refractivity contribution is -0.128. The molecule has 2 aliphatic rings. The maximum absolute atomic E-state index is 12.7. The normalized spacial score (nSPS) is 19.9. The van der Waals surface area contributed by atoms with E-state index in [0.29, 0.717) is 44.0 Å². The molecule has 1 aromatic heterocycles. The van der Waals surface area contributed by atoms with Crippen molar-refractivity contribution >= 4 is 30.0 Å². The van der Waals surface area contributed by atoms with Crippen LogP contribution >= 0.6 is 11.8 Å². The van der Waals surface area contributed by atoms with E-state index in [9.17, 15) is 14.4 Å². The first-order chi connectivity index (χ1) is 13.7. The molecule has 2 aliphatic heterocycles. The first-order valence-electron chi connectivity index (χ1n) is 9.18. The first-order valence-corrected chi connectivity index (χ1v) is 10.2. The van der Waals surface area contributed by atoms with Crippen LogP contribution in [-0.2, 0) is 16.1 Å². The largest absolute Gasteiger partial charge is 0.467 e. The summed E-state index contributed by atoms with van der Waals surface area (Å²) in [4.78, 5) is 41.0. The van der Waals surface area contributed by atoms with Gasteiger partial charge in [-0.2, -0.15) is 0 Å². The van der Waals surface area contributed by atoms with Crippen molar-refractivity contribution in [3.63, 3.8) is 0 Å². The van der Waals surface area contributed by atoms with Gasteiger partial charge in [0.05, 0.1) is 18.6 Å². The van der Waals surface area contributed by atoms with Crippen molar-refractivity contribution in [3.05, 3.63) is 59.5 Å². The predicted octanol–water partition coefficient (Wildman–Crippen LogP) is 1.97. The maximum Gasteiger partial charge on any atom is 0.253 e. The summed E-state index contributed by atoms with van der Waals surface area (Å²) in [5.74, 6) is 1.24. The SMILES string of the molecule is O=CN1CCN(C(=O)c2ccc(C3SCC(=O)N3Cc3ccco3)cc2)CC1. The van der Waals surface area contributed by atoms with Crippen LogP contribution in [0.15, 0.2) is 47.1 Å². The van der Waals surface area contributed by atoms with Gasteiger partial charge < -0.3 is 19.1 Å². The number of piperazine rings is 1. The lowest BCUT2D eigenvalue weighted by Crippen LogP contribution is -2.48. The molecule has 1 atom stereocenters. The molecule has 3 amide bonds. The first kappa shape index (κ1) is 18.6. The minimum Gasteiger partial charge on any atom is -0.467 e. The monoisotopic (exact) mass is 399 g/mol. The molecule has 0 aliphatic carbocycles. The molecular weight excluding hydrogens is 378 g/mol. The second-order valence-corrected chi connectivity index (χ2v) is 7.89. The van der Waals surface area contributed by atoms with Crippen molar-refractivity contribution in [3.8, 4) is 0 Å². The zero-order chi connectivity index (χ0) is 19.5. The van der Waals surface area contributed by atoms with Crippen molar-refractivity contribution in [2.24, 2.45) is 0 Å². The van der Waals surface area contributed by atoms with E-state index in [2.05, 4.69) is 0 Å². The van der Waals surface area contributed by atoms with E-state index in [0.717, 1.165) is 17.7 Å². The van der Waals surface area contributed by atoms with Gasteiger partial charge in [0.1, 0.15) is 11.1 Å². The number of carbonyl (C=O) groups is 3. The van der Waals surface area contributed by atoms with E-state index < -0.39 is 0 Å². The minimum atomic E-state index is -0.0853. The molecule has 3 heterocycles. The van der Waals surface area contributed by atoms with Gasteiger partial charge in [0.2, 0.25) is 12.3 Å².